The van der Waals surface area contributed by atoms with Gasteiger partial charge in [0.1, 0.15) is 0 Å². The van der Waals surface area contributed by atoms with Gasteiger partial charge in [-0.15, -0.1) is 0 Å². The number of halogens is 6. The van der Waals surface area contributed by atoms with E-state index in [2.05, 4.69) is 310 Å². The molecule has 2 N–H and O–H groups in total. The number of benzene rings is 16. The molecular formula is C84H56BBrF5N2O2-. The molecule has 0 aliphatic rings. The number of hydrogen-bond acceptors (Lipinski definition) is 2. The maximum atomic E-state index is 9.42. The molecule has 0 aliphatic carbocycles. The molecule has 0 saturated carbocycles. The standard InChI is InChI=1S/C42H27N.C24H16BrN.C18H13BO2.2F2.FH/c1-2-13-32(14-3-1)43-41-20-9-8-19-38(41)40-27-31(22-24-42(40)43)29-12-10-11-28(25-29)30-21-23-37-35-17-5-4-15-33(35)34-16-6-7-18-36(34)39(37)26-30;25-19-8-6-7-17(15-19)18-13-14-24-22(16-18)21-11-4-5-12-23(21)26(24)20-9-2-1-3-10-20;20-19(21)12-9-10-17-15-7-2-1-5-13(15)14-6-3-4-8-16(14)18(17)11-12;2*1-2;/h1-27H;1-16H;1-11,20-21H;;;1H/p-1. The van der Waals surface area contributed by atoms with Crippen molar-refractivity contribution in [3.05, 3.63) is 332 Å². The minimum Gasteiger partial charge on any atom is -1.00 e. The summed E-state index contributed by atoms with van der Waals surface area (Å²) < 4.78 is 37.8. The van der Waals surface area contributed by atoms with Crippen LogP contribution in [0.15, 0.2) is 332 Å². The van der Waals surface area contributed by atoms with Gasteiger partial charge in [-0.25, -0.2) is 0 Å². The zero-order valence-corrected chi connectivity index (χ0v) is 52.4. The van der Waals surface area contributed by atoms with Crippen LogP contribution in [0.3, 0.4) is 0 Å². The average Bonchev–Trinajstić information content (AvgIpc) is 1.23. The molecule has 0 unspecified atom stereocenters. The Morgan fingerprint density at radius 3 is 0.916 bits per heavy atom. The van der Waals surface area contributed by atoms with Crippen LogP contribution in [0.5, 0.6) is 0 Å². The third kappa shape index (κ3) is 11.7. The molecular weight excluding hydrogens is 1250 g/mol. The largest absolute Gasteiger partial charge is 1.00 e. The highest BCUT2D eigenvalue weighted by Crippen LogP contribution is 2.41. The monoisotopic (exact) mass is 1310 g/mol. The summed E-state index contributed by atoms with van der Waals surface area (Å²) in [7, 11) is -1.44. The van der Waals surface area contributed by atoms with Crippen LogP contribution >= 0.6 is 15.9 Å². The molecule has 460 valence electrons. The Morgan fingerprint density at radius 2 is 0.516 bits per heavy atom. The van der Waals surface area contributed by atoms with Crippen molar-refractivity contribution in [1.29, 1.82) is 0 Å². The first kappa shape index (κ1) is 62.6. The van der Waals surface area contributed by atoms with Crippen molar-refractivity contribution < 1.29 is 33.0 Å². The van der Waals surface area contributed by atoms with E-state index in [1.54, 1.807) is 6.07 Å². The summed E-state index contributed by atoms with van der Waals surface area (Å²) in [5, 5.41) is 38.7. The first-order valence-corrected chi connectivity index (χ1v) is 31.5. The van der Waals surface area contributed by atoms with Gasteiger partial charge in [-0.1, -0.05) is 259 Å². The SMILES string of the molecule is Brc1cccc(-c2ccc3c(c2)c2ccccc2n3-c2ccccc2)c1.FF.FF.OB(O)c1ccc2c3ccccc3c3ccccc3c2c1.[F-].c1ccc(-n2c3ccccc3c3cc(-c4cccc(-c5ccc6c7ccccc7c7ccccc7c6c5)c4)ccc32)cc1. The van der Waals surface area contributed by atoms with E-state index in [0.29, 0.717) is 5.46 Å². The Kier molecular flexibility index (Phi) is 18.2. The number of para-hydroxylation sites is 4. The fourth-order valence-electron chi connectivity index (χ4n) is 13.7. The molecule has 0 amide bonds. The molecule has 0 atom stereocenters. The number of nitrogens with zero attached hydrogens (tertiary/aromatic N) is 2. The van der Waals surface area contributed by atoms with Crippen LogP contribution in [0.1, 0.15) is 0 Å². The van der Waals surface area contributed by atoms with Gasteiger partial charge >= 0.3 is 7.12 Å². The minimum atomic E-state index is -1.44. The summed E-state index contributed by atoms with van der Waals surface area (Å²) in [6, 6.07) is 116. The zero-order valence-electron chi connectivity index (χ0n) is 50.8. The molecule has 95 heavy (non-hydrogen) atoms. The molecule has 4 nitrogen and oxygen atoms in total. The molecule has 11 heteroatoms. The highest BCUT2D eigenvalue weighted by Gasteiger charge is 2.18. The van der Waals surface area contributed by atoms with Crippen LogP contribution in [-0.4, -0.2) is 26.3 Å². The fourth-order valence-corrected chi connectivity index (χ4v) is 14.1. The van der Waals surface area contributed by atoms with E-state index in [9.17, 15) is 10.0 Å². The second-order valence-electron chi connectivity index (χ2n) is 23.1. The maximum Gasteiger partial charge on any atom is 0.488 e. The molecule has 0 radical (unpaired) electrons. The Morgan fingerprint density at radius 1 is 0.232 bits per heavy atom. The van der Waals surface area contributed by atoms with Crippen molar-refractivity contribution in [2.75, 3.05) is 0 Å². The zero-order chi connectivity index (χ0) is 64.2. The van der Waals surface area contributed by atoms with E-state index in [4.69, 9.17) is 18.3 Å². The highest BCUT2D eigenvalue weighted by atomic mass is 79.9. The predicted molar refractivity (Wildman–Crippen MR) is 391 cm³/mol. The van der Waals surface area contributed by atoms with Gasteiger partial charge in [-0.05, 0) is 188 Å². The van der Waals surface area contributed by atoms with Gasteiger partial charge in [0.25, 0.3) is 0 Å². The molecule has 2 heterocycles. The number of aromatic nitrogens is 2. The van der Waals surface area contributed by atoms with Gasteiger partial charge in [0.05, 0.1) is 22.1 Å². The lowest BCUT2D eigenvalue weighted by atomic mass is 9.78. The summed E-state index contributed by atoms with van der Waals surface area (Å²) in [5.74, 6) is 0. The molecule has 16 aromatic carbocycles. The quantitative estimate of drug-likeness (QED) is 0.0990. The van der Waals surface area contributed by atoms with Crippen LogP contribution in [0, 0.1) is 0 Å². The van der Waals surface area contributed by atoms with Crippen LogP contribution in [-0.2, 0) is 0 Å². The van der Waals surface area contributed by atoms with Crippen LogP contribution in [0.4, 0.5) is 18.3 Å². The molecule has 0 spiro atoms. The lowest BCUT2D eigenvalue weighted by molar-refractivity contribution is -0.0000208. The van der Waals surface area contributed by atoms with Gasteiger partial charge in [-0.3, -0.25) is 0 Å². The van der Waals surface area contributed by atoms with Crippen molar-refractivity contribution in [2.24, 2.45) is 0 Å². The lowest BCUT2D eigenvalue weighted by Crippen LogP contribution is -3.00. The van der Waals surface area contributed by atoms with Gasteiger partial charge in [0.2, 0.25) is 0 Å². The van der Waals surface area contributed by atoms with Gasteiger partial charge < -0.3 is 23.9 Å². The summed E-state index contributed by atoms with van der Waals surface area (Å²) >= 11 is 3.58. The van der Waals surface area contributed by atoms with Crippen molar-refractivity contribution in [3.8, 4) is 44.8 Å². The molecule has 0 saturated heterocycles. The lowest BCUT2D eigenvalue weighted by Gasteiger charge is -2.13. The summed E-state index contributed by atoms with van der Waals surface area (Å²) in [6.45, 7) is 0. The topological polar surface area (TPSA) is 50.3 Å². The first-order valence-electron chi connectivity index (χ1n) is 30.8. The third-order valence-corrected chi connectivity index (χ3v) is 18.4. The summed E-state index contributed by atoms with van der Waals surface area (Å²) in [6.07, 6.45) is 0. The minimum absolute atomic E-state index is 0. The normalized spacial score (nSPS) is 11.0. The van der Waals surface area contributed by atoms with Crippen LogP contribution in [0.25, 0.3) is 153 Å². The average molecular weight is 1310 g/mol. The Labute approximate surface area is 552 Å². The molecule has 18 aromatic rings. The van der Waals surface area contributed by atoms with E-state index < -0.39 is 7.12 Å². The smallest absolute Gasteiger partial charge is 0.488 e. The molecule has 0 aliphatic heterocycles. The van der Waals surface area contributed by atoms with Crippen molar-refractivity contribution >= 4 is 137 Å². The second kappa shape index (κ2) is 27.6. The second-order valence-corrected chi connectivity index (χ2v) is 24.0. The maximum absolute atomic E-state index is 9.42. The van der Waals surface area contributed by atoms with E-state index in [-0.39, 0.29) is 4.70 Å². The summed E-state index contributed by atoms with van der Waals surface area (Å²) in [5.41, 5.74) is 15.2. The first-order chi connectivity index (χ1) is 46.4. The van der Waals surface area contributed by atoms with Crippen molar-refractivity contribution in [1.82, 2.24) is 9.13 Å². The molecule has 2 aromatic heterocycles. The van der Waals surface area contributed by atoms with Crippen LogP contribution in [0.2, 0.25) is 0 Å². The molecule has 18 rings (SSSR count). The molecule has 0 bridgehead atoms. The van der Waals surface area contributed by atoms with E-state index in [1.165, 1.54) is 137 Å². The van der Waals surface area contributed by atoms with Crippen molar-refractivity contribution in [3.63, 3.8) is 0 Å². The predicted octanol–water partition coefficient (Wildman–Crippen LogP) is 20.3. The van der Waals surface area contributed by atoms with Gasteiger partial charge in [-0.2, -0.15) is 0 Å². The Hall–Kier alpha value is -11.2. The number of rotatable bonds is 6. The number of hydrogen-bond donors (Lipinski definition) is 2. The van der Waals surface area contributed by atoms with E-state index in [1.807, 2.05) is 36.4 Å². The Bertz CT molecular complexity index is 5750. The third-order valence-electron chi connectivity index (χ3n) is 17.9. The summed E-state index contributed by atoms with van der Waals surface area (Å²) in [4.78, 5) is 0. The van der Waals surface area contributed by atoms with Crippen LogP contribution < -0.4 is 10.2 Å². The van der Waals surface area contributed by atoms with Gasteiger partial charge in [0.15, 0.2) is 0 Å². The number of fused-ring (bicyclic) bond motifs is 18. The van der Waals surface area contributed by atoms with E-state index in [0.717, 1.165) is 20.6 Å². The Balaban J connectivity index is 0.000000135. The molecule has 0 fully saturated rings. The van der Waals surface area contributed by atoms with E-state index >= 15 is 0 Å². The fraction of sp³-hybridized carbons (Fsp3) is 0. The van der Waals surface area contributed by atoms with Crippen molar-refractivity contribution in [2.45, 2.75) is 0 Å². The highest BCUT2D eigenvalue weighted by molar-refractivity contribution is 9.10. The van der Waals surface area contributed by atoms with Gasteiger partial charge in [0, 0.05) is 55.7 Å².